The van der Waals surface area contributed by atoms with Crippen LogP contribution in [0.5, 0.6) is 0 Å². The van der Waals surface area contributed by atoms with Crippen molar-refractivity contribution >= 4 is 11.9 Å². The Morgan fingerprint density at radius 3 is 2.40 bits per heavy atom. The first kappa shape index (κ1) is 19.3. The van der Waals surface area contributed by atoms with Gasteiger partial charge in [0.05, 0.1) is 6.04 Å². The number of rotatable bonds is 5. The summed E-state index contributed by atoms with van der Waals surface area (Å²) in [5.41, 5.74) is 0.519. The zero-order valence-corrected chi connectivity index (χ0v) is 14.6. The quantitative estimate of drug-likeness (QED) is 0.761. The second-order valence-electron chi connectivity index (χ2n) is 6.58. The van der Waals surface area contributed by atoms with Crippen molar-refractivity contribution in [2.45, 2.75) is 64.1 Å². The van der Waals surface area contributed by atoms with E-state index in [1.165, 1.54) is 12.5 Å². The Hall–Kier alpha value is -2.02. The molecule has 2 rings (SSSR count). The molecule has 0 radical (unpaired) electrons. The number of urea groups is 1. The van der Waals surface area contributed by atoms with E-state index in [9.17, 15) is 18.4 Å². The molecule has 138 valence electrons. The molecular formula is C18H25F2N3O2. The highest BCUT2D eigenvalue weighted by Crippen LogP contribution is 2.18. The van der Waals surface area contributed by atoms with Crippen LogP contribution in [-0.2, 0) is 4.79 Å². The van der Waals surface area contributed by atoms with Gasteiger partial charge in [-0.1, -0.05) is 25.3 Å². The molecule has 1 saturated carbocycles. The average molecular weight is 353 g/mol. The smallest absolute Gasteiger partial charge is 0.321 e. The molecule has 5 nitrogen and oxygen atoms in total. The number of nitrogens with one attached hydrogen (secondary N) is 3. The zero-order chi connectivity index (χ0) is 18.4. The summed E-state index contributed by atoms with van der Waals surface area (Å²) in [4.78, 5) is 24.0. The molecule has 1 aromatic rings. The number of imide groups is 1. The Balaban J connectivity index is 1.82. The van der Waals surface area contributed by atoms with E-state index in [0.717, 1.165) is 37.8 Å². The molecule has 1 aliphatic carbocycles. The molecule has 1 fully saturated rings. The van der Waals surface area contributed by atoms with Crippen LogP contribution in [-0.4, -0.2) is 24.0 Å². The van der Waals surface area contributed by atoms with Crippen LogP contribution in [0.15, 0.2) is 18.2 Å². The summed E-state index contributed by atoms with van der Waals surface area (Å²) in [6.45, 7) is 3.35. The molecule has 0 aliphatic heterocycles. The predicted octanol–water partition coefficient (Wildman–Crippen LogP) is 3.16. The van der Waals surface area contributed by atoms with Crippen LogP contribution in [0.2, 0.25) is 0 Å². The van der Waals surface area contributed by atoms with E-state index in [1.807, 2.05) is 0 Å². The van der Waals surface area contributed by atoms with Gasteiger partial charge in [0, 0.05) is 12.1 Å². The number of amides is 3. The summed E-state index contributed by atoms with van der Waals surface area (Å²) in [6.07, 6.45) is 5.22. The van der Waals surface area contributed by atoms with Crippen LogP contribution >= 0.6 is 0 Å². The van der Waals surface area contributed by atoms with E-state index >= 15 is 0 Å². The number of carbonyl (C=O) groups excluding carboxylic acids is 2. The van der Waals surface area contributed by atoms with Crippen LogP contribution in [0.25, 0.3) is 0 Å². The fourth-order valence-electron chi connectivity index (χ4n) is 3.02. The molecule has 0 bridgehead atoms. The van der Waals surface area contributed by atoms with Crippen LogP contribution in [0.3, 0.4) is 0 Å². The van der Waals surface area contributed by atoms with Gasteiger partial charge in [0.1, 0.15) is 0 Å². The van der Waals surface area contributed by atoms with Gasteiger partial charge in [0.15, 0.2) is 11.6 Å². The minimum atomic E-state index is -0.935. The first-order valence-electron chi connectivity index (χ1n) is 8.69. The van der Waals surface area contributed by atoms with Gasteiger partial charge >= 0.3 is 6.03 Å². The monoisotopic (exact) mass is 353 g/mol. The molecule has 1 aromatic carbocycles. The Labute approximate surface area is 146 Å². The molecule has 0 heterocycles. The van der Waals surface area contributed by atoms with Crippen LogP contribution in [0.1, 0.15) is 57.6 Å². The number of carbonyl (C=O) groups is 2. The molecule has 3 N–H and O–H groups in total. The lowest BCUT2D eigenvalue weighted by Gasteiger charge is -2.24. The maximum absolute atomic E-state index is 13.3. The maximum atomic E-state index is 13.3. The van der Waals surface area contributed by atoms with Crippen molar-refractivity contribution < 1.29 is 18.4 Å². The van der Waals surface area contributed by atoms with Crippen LogP contribution in [0, 0.1) is 11.6 Å². The minimum absolute atomic E-state index is 0.117. The lowest BCUT2D eigenvalue weighted by atomic mass is 9.96. The minimum Gasteiger partial charge on any atom is -0.335 e. The van der Waals surface area contributed by atoms with Crippen LogP contribution in [0.4, 0.5) is 13.6 Å². The first-order chi connectivity index (χ1) is 11.9. The molecule has 1 aliphatic rings. The predicted molar refractivity (Wildman–Crippen MR) is 90.9 cm³/mol. The third-order valence-corrected chi connectivity index (χ3v) is 4.51. The topological polar surface area (TPSA) is 70.2 Å². The molecule has 2 atom stereocenters. The van der Waals surface area contributed by atoms with Crippen molar-refractivity contribution in [3.8, 4) is 0 Å². The van der Waals surface area contributed by atoms with Crippen molar-refractivity contribution in [3.05, 3.63) is 35.4 Å². The Morgan fingerprint density at radius 1 is 1.08 bits per heavy atom. The van der Waals surface area contributed by atoms with E-state index in [0.29, 0.717) is 5.56 Å². The standard InChI is InChI=1S/C18H25F2N3O2/c1-11(13-8-9-15(19)16(20)10-13)21-12(2)17(24)23-18(25)22-14-6-4-3-5-7-14/h8-12,14,21H,3-7H2,1-2H3,(H2,22,23,24,25)/t11-,12+/m1/s1. The Kier molecular flexibility index (Phi) is 6.87. The lowest BCUT2D eigenvalue weighted by molar-refractivity contribution is -0.121. The van der Waals surface area contributed by atoms with Crippen molar-refractivity contribution in [2.24, 2.45) is 0 Å². The highest BCUT2D eigenvalue weighted by Gasteiger charge is 2.21. The zero-order valence-electron chi connectivity index (χ0n) is 14.6. The third-order valence-electron chi connectivity index (χ3n) is 4.51. The van der Waals surface area contributed by atoms with Gasteiger partial charge in [0.25, 0.3) is 0 Å². The number of hydrogen-bond donors (Lipinski definition) is 3. The summed E-state index contributed by atoms with van der Waals surface area (Å²) < 4.78 is 26.3. The fourth-order valence-corrected chi connectivity index (χ4v) is 3.02. The van der Waals surface area contributed by atoms with E-state index in [2.05, 4.69) is 16.0 Å². The van der Waals surface area contributed by atoms with Gasteiger partial charge in [-0.25, -0.2) is 13.6 Å². The van der Waals surface area contributed by atoms with E-state index in [1.54, 1.807) is 13.8 Å². The number of benzene rings is 1. The SMILES string of the molecule is C[C@H](N[C@H](C)c1ccc(F)c(F)c1)C(=O)NC(=O)NC1CCCCC1. The van der Waals surface area contributed by atoms with Gasteiger partial charge in [-0.05, 0) is 44.4 Å². The van der Waals surface area contributed by atoms with Crippen molar-refractivity contribution in [1.82, 2.24) is 16.0 Å². The van der Waals surface area contributed by atoms with E-state index in [-0.39, 0.29) is 12.1 Å². The van der Waals surface area contributed by atoms with E-state index < -0.39 is 29.6 Å². The van der Waals surface area contributed by atoms with Gasteiger partial charge < -0.3 is 5.32 Å². The molecule has 0 saturated heterocycles. The molecule has 3 amide bonds. The summed E-state index contributed by atoms with van der Waals surface area (Å²) in [7, 11) is 0. The summed E-state index contributed by atoms with van der Waals surface area (Å²) in [5, 5.41) is 8.10. The van der Waals surface area contributed by atoms with Crippen LogP contribution < -0.4 is 16.0 Å². The second kappa shape index (κ2) is 8.89. The summed E-state index contributed by atoms with van der Waals surface area (Å²) >= 11 is 0. The maximum Gasteiger partial charge on any atom is 0.321 e. The normalized spacial score (nSPS) is 17.6. The highest BCUT2D eigenvalue weighted by molar-refractivity contribution is 5.96. The van der Waals surface area contributed by atoms with Crippen molar-refractivity contribution in [1.29, 1.82) is 0 Å². The number of halogens is 2. The highest BCUT2D eigenvalue weighted by atomic mass is 19.2. The third kappa shape index (κ3) is 5.77. The first-order valence-corrected chi connectivity index (χ1v) is 8.69. The Bertz CT molecular complexity index is 618. The molecule has 0 unspecified atom stereocenters. The van der Waals surface area contributed by atoms with Gasteiger partial charge in [-0.3, -0.25) is 15.4 Å². The largest absolute Gasteiger partial charge is 0.335 e. The summed E-state index contributed by atoms with van der Waals surface area (Å²) in [5.74, 6) is -2.32. The molecule has 25 heavy (non-hydrogen) atoms. The van der Waals surface area contributed by atoms with Gasteiger partial charge in [-0.2, -0.15) is 0 Å². The van der Waals surface area contributed by atoms with Crippen molar-refractivity contribution in [2.75, 3.05) is 0 Å². The molecule has 0 spiro atoms. The molecule has 0 aromatic heterocycles. The second-order valence-corrected chi connectivity index (χ2v) is 6.58. The van der Waals surface area contributed by atoms with Gasteiger partial charge in [0.2, 0.25) is 5.91 Å². The van der Waals surface area contributed by atoms with Gasteiger partial charge in [-0.15, -0.1) is 0 Å². The number of hydrogen-bond acceptors (Lipinski definition) is 3. The van der Waals surface area contributed by atoms with E-state index in [4.69, 9.17) is 0 Å². The molecule has 7 heteroatoms. The summed E-state index contributed by atoms with van der Waals surface area (Å²) in [6, 6.07) is 2.17. The fraction of sp³-hybridized carbons (Fsp3) is 0.556. The van der Waals surface area contributed by atoms with Crippen molar-refractivity contribution in [3.63, 3.8) is 0 Å². The Morgan fingerprint density at radius 2 is 1.76 bits per heavy atom. The molecular weight excluding hydrogens is 328 g/mol. The lowest BCUT2D eigenvalue weighted by Crippen LogP contribution is -2.50. The average Bonchev–Trinajstić information content (AvgIpc) is 2.57.